The van der Waals surface area contributed by atoms with Crippen LogP contribution in [0.25, 0.3) is 5.69 Å². The second-order valence-corrected chi connectivity index (χ2v) is 7.13. The molecule has 1 aromatic carbocycles. The molecule has 2 heterocycles. The van der Waals surface area contributed by atoms with Crippen LogP contribution >= 0.6 is 12.4 Å². The average molecular weight is 379 g/mol. The molecule has 0 saturated carbocycles. The molecule has 1 aromatic heterocycles. The fourth-order valence-corrected chi connectivity index (χ4v) is 4.16. The van der Waals surface area contributed by atoms with E-state index in [1.54, 1.807) is 22.9 Å². The van der Waals surface area contributed by atoms with Gasteiger partial charge in [-0.15, -0.1) is 12.4 Å². The summed E-state index contributed by atoms with van der Waals surface area (Å²) in [4.78, 5) is 15.0. The van der Waals surface area contributed by atoms with Gasteiger partial charge >= 0.3 is 0 Å². The molecular formula is C19H24ClFN4O. The van der Waals surface area contributed by atoms with Crippen LogP contribution in [0.5, 0.6) is 0 Å². The normalized spacial score (nSPS) is 21.6. The Morgan fingerprint density at radius 1 is 1.35 bits per heavy atom. The number of nitrogens with two attached hydrogens (primary N) is 1. The van der Waals surface area contributed by atoms with Crippen molar-refractivity contribution in [1.82, 2.24) is 14.7 Å². The molecule has 2 aromatic rings. The summed E-state index contributed by atoms with van der Waals surface area (Å²) in [7, 11) is 0. The monoisotopic (exact) mass is 378 g/mol. The lowest BCUT2D eigenvalue weighted by atomic mass is 10.1. The second-order valence-electron chi connectivity index (χ2n) is 7.13. The van der Waals surface area contributed by atoms with Gasteiger partial charge < -0.3 is 10.6 Å². The zero-order chi connectivity index (χ0) is 17.6. The van der Waals surface area contributed by atoms with Gasteiger partial charge in [0, 0.05) is 23.8 Å². The van der Waals surface area contributed by atoms with Gasteiger partial charge in [-0.3, -0.25) is 4.79 Å². The number of carbonyl (C=O) groups is 1. The standard InChI is InChI=1S/C19H23FN4O.ClH/c1-12-9-13(10-21)11-23(12)19(25)18-14-5-4-8-16(14)24(22-18)17-7-3-2-6-15(17)20;/h2-3,6-7,12-13H,4-5,8-11,21H2,1H3;1H. The van der Waals surface area contributed by atoms with Crippen molar-refractivity contribution < 1.29 is 9.18 Å². The number of likely N-dealkylation sites (tertiary alicyclic amines) is 1. The highest BCUT2D eigenvalue weighted by atomic mass is 35.5. The molecule has 1 aliphatic carbocycles. The fraction of sp³-hybridized carbons (Fsp3) is 0.474. The van der Waals surface area contributed by atoms with E-state index in [0.29, 0.717) is 30.4 Å². The molecule has 0 radical (unpaired) electrons. The first kappa shape index (κ1) is 18.9. The SMILES string of the molecule is CC1CC(CN)CN1C(=O)c1nn(-c2ccccc2F)c2c1CCC2.Cl. The van der Waals surface area contributed by atoms with E-state index in [-0.39, 0.29) is 30.2 Å². The molecule has 1 aliphatic heterocycles. The summed E-state index contributed by atoms with van der Waals surface area (Å²) >= 11 is 0. The smallest absolute Gasteiger partial charge is 0.274 e. The van der Waals surface area contributed by atoms with Gasteiger partial charge in [0.1, 0.15) is 11.5 Å². The van der Waals surface area contributed by atoms with Crippen molar-refractivity contribution in [2.24, 2.45) is 11.7 Å². The number of halogens is 2. The summed E-state index contributed by atoms with van der Waals surface area (Å²) in [6.45, 7) is 3.33. The number of hydrogen-bond acceptors (Lipinski definition) is 3. The molecule has 0 spiro atoms. The number of aromatic nitrogens is 2. The third kappa shape index (κ3) is 3.01. The fourth-order valence-electron chi connectivity index (χ4n) is 4.16. The van der Waals surface area contributed by atoms with Crippen LogP contribution in [0.15, 0.2) is 24.3 Å². The highest BCUT2D eigenvalue weighted by Gasteiger charge is 2.36. The molecular weight excluding hydrogens is 355 g/mol. The van der Waals surface area contributed by atoms with E-state index in [1.165, 1.54) is 6.07 Å². The van der Waals surface area contributed by atoms with E-state index < -0.39 is 0 Å². The minimum atomic E-state index is -0.323. The van der Waals surface area contributed by atoms with Crippen LogP contribution in [0.4, 0.5) is 4.39 Å². The summed E-state index contributed by atoms with van der Waals surface area (Å²) in [5, 5.41) is 4.55. The molecule has 1 saturated heterocycles. The van der Waals surface area contributed by atoms with Crippen molar-refractivity contribution in [2.75, 3.05) is 13.1 Å². The largest absolute Gasteiger partial charge is 0.334 e. The quantitative estimate of drug-likeness (QED) is 0.893. The van der Waals surface area contributed by atoms with Gasteiger partial charge in [-0.25, -0.2) is 9.07 Å². The molecule has 0 bridgehead atoms. The summed E-state index contributed by atoms with van der Waals surface area (Å²) in [6.07, 6.45) is 3.56. The van der Waals surface area contributed by atoms with Crippen molar-refractivity contribution in [3.8, 4) is 5.69 Å². The maximum absolute atomic E-state index is 14.2. The lowest BCUT2D eigenvalue weighted by Crippen LogP contribution is -2.35. The summed E-state index contributed by atoms with van der Waals surface area (Å²) < 4.78 is 15.9. The van der Waals surface area contributed by atoms with E-state index in [4.69, 9.17) is 5.73 Å². The lowest BCUT2D eigenvalue weighted by molar-refractivity contribution is 0.0736. The van der Waals surface area contributed by atoms with E-state index in [1.807, 2.05) is 4.90 Å². The van der Waals surface area contributed by atoms with Gasteiger partial charge in [-0.1, -0.05) is 12.1 Å². The Kier molecular flexibility index (Phi) is 5.34. The third-order valence-electron chi connectivity index (χ3n) is 5.47. The van der Waals surface area contributed by atoms with Gasteiger partial charge in [0.15, 0.2) is 5.69 Å². The van der Waals surface area contributed by atoms with Crippen LogP contribution in [0, 0.1) is 11.7 Å². The van der Waals surface area contributed by atoms with E-state index in [2.05, 4.69) is 12.0 Å². The van der Waals surface area contributed by atoms with Gasteiger partial charge in [0.05, 0.1) is 0 Å². The zero-order valence-electron chi connectivity index (χ0n) is 14.8. The van der Waals surface area contributed by atoms with Crippen molar-refractivity contribution in [3.63, 3.8) is 0 Å². The number of nitrogens with zero attached hydrogens (tertiary/aromatic N) is 3. The molecule has 7 heteroatoms. The van der Waals surface area contributed by atoms with Crippen molar-refractivity contribution in [3.05, 3.63) is 47.0 Å². The maximum atomic E-state index is 14.2. The molecule has 2 unspecified atom stereocenters. The number of amides is 1. The van der Waals surface area contributed by atoms with Crippen molar-refractivity contribution >= 4 is 18.3 Å². The maximum Gasteiger partial charge on any atom is 0.274 e. The molecule has 2 atom stereocenters. The Labute approximate surface area is 158 Å². The van der Waals surface area contributed by atoms with Gasteiger partial charge in [-0.05, 0) is 57.2 Å². The Hall–Kier alpha value is -1.92. The molecule has 26 heavy (non-hydrogen) atoms. The summed E-state index contributed by atoms with van der Waals surface area (Å²) in [6, 6.07) is 6.74. The van der Waals surface area contributed by atoms with Crippen molar-refractivity contribution in [1.29, 1.82) is 0 Å². The Morgan fingerprint density at radius 3 is 2.81 bits per heavy atom. The molecule has 4 rings (SSSR count). The summed E-state index contributed by atoms with van der Waals surface area (Å²) in [5.41, 5.74) is 8.63. The van der Waals surface area contributed by atoms with Crippen LogP contribution in [-0.2, 0) is 12.8 Å². The van der Waals surface area contributed by atoms with Crippen LogP contribution in [0.2, 0.25) is 0 Å². The molecule has 140 valence electrons. The number of hydrogen-bond donors (Lipinski definition) is 1. The topological polar surface area (TPSA) is 64.2 Å². The van der Waals surface area contributed by atoms with Crippen molar-refractivity contribution in [2.45, 2.75) is 38.6 Å². The predicted octanol–water partition coefficient (Wildman–Crippen LogP) is 2.73. The molecule has 5 nitrogen and oxygen atoms in total. The predicted molar refractivity (Wildman–Crippen MR) is 100 cm³/mol. The second kappa shape index (κ2) is 7.37. The number of para-hydroxylation sites is 1. The van der Waals surface area contributed by atoms with Crippen LogP contribution in [-0.4, -0.2) is 39.7 Å². The number of benzene rings is 1. The zero-order valence-corrected chi connectivity index (χ0v) is 15.6. The summed E-state index contributed by atoms with van der Waals surface area (Å²) in [5.74, 6) is -0.0197. The van der Waals surface area contributed by atoms with Crippen LogP contribution in [0.3, 0.4) is 0 Å². The van der Waals surface area contributed by atoms with E-state index >= 15 is 0 Å². The highest BCUT2D eigenvalue weighted by Crippen LogP contribution is 2.31. The third-order valence-corrected chi connectivity index (χ3v) is 5.47. The van der Waals surface area contributed by atoms with Crippen LogP contribution in [0.1, 0.15) is 41.5 Å². The molecule has 1 fully saturated rings. The van der Waals surface area contributed by atoms with E-state index in [9.17, 15) is 9.18 Å². The minimum Gasteiger partial charge on any atom is -0.334 e. The Balaban J connectivity index is 0.00000196. The average Bonchev–Trinajstić information content (AvgIpc) is 3.29. The van der Waals surface area contributed by atoms with E-state index in [0.717, 1.165) is 36.9 Å². The first-order valence-electron chi connectivity index (χ1n) is 8.97. The van der Waals surface area contributed by atoms with Crippen LogP contribution < -0.4 is 5.73 Å². The Bertz CT molecular complexity index is 822. The first-order chi connectivity index (χ1) is 12.1. The molecule has 2 aliphatic rings. The number of carbonyl (C=O) groups excluding carboxylic acids is 1. The minimum absolute atomic E-state index is 0. The lowest BCUT2D eigenvalue weighted by Gasteiger charge is -2.20. The Morgan fingerprint density at radius 2 is 2.12 bits per heavy atom. The van der Waals surface area contributed by atoms with Gasteiger partial charge in [-0.2, -0.15) is 5.10 Å². The van der Waals surface area contributed by atoms with Gasteiger partial charge in [0.2, 0.25) is 0 Å². The first-order valence-corrected chi connectivity index (χ1v) is 8.97. The number of fused-ring (bicyclic) bond motifs is 1. The van der Waals surface area contributed by atoms with Gasteiger partial charge in [0.25, 0.3) is 5.91 Å². The highest BCUT2D eigenvalue weighted by molar-refractivity contribution is 5.94. The molecule has 2 N–H and O–H groups in total. The number of rotatable bonds is 3. The molecule has 1 amide bonds.